The number of benzene rings is 1. The zero-order valence-corrected chi connectivity index (χ0v) is 13.4. The van der Waals surface area contributed by atoms with Crippen LogP contribution in [-0.4, -0.2) is 16.2 Å². The van der Waals surface area contributed by atoms with Crippen molar-refractivity contribution >= 4 is 35.0 Å². The number of alkyl halides is 3. The van der Waals surface area contributed by atoms with E-state index in [4.69, 9.17) is 23.2 Å². The minimum Gasteiger partial charge on any atom is -0.301 e. The third kappa shape index (κ3) is 3.77. The SMILES string of the molecule is CSc1nc(C(F)(F)F)c(Cc2ccc(Cl)c(Cl)c2)c(=O)[nH]1. The fraction of sp³-hybridized carbons (Fsp3) is 0.231. The maximum Gasteiger partial charge on any atom is 0.433 e. The van der Waals surface area contributed by atoms with Crippen LogP contribution in [0.2, 0.25) is 10.0 Å². The third-order valence-corrected chi connectivity index (χ3v) is 4.14. The normalized spacial score (nSPS) is 11.7. The Morgan fingerprint density at radius 3 is 2.50 bits per heavy atom. The Morgan fingerprint density at radius 1 is 1.27 bits per heavy atom. The van der Waals surface area contributed by atoms with E-state index in [0.29, 0.717) is 5.56 Å². The fourth-order valence-corrected chi connectivity index (χ4v) is 2.52. The standard InChI is InChI=1S/C13H9Cl2F3N2OS/c1-22-12-19-10(13(16,17)18)7(11(21)20-12)4-6-2-3-8(14)9(15)5-6/h2-3,5H,4H2,1H3,(H,19,20,21). The second-order valence-corrected chi connectivity index (χ2v) is 5.93. The van der Waals surface area contributed by atoms with Crippen molar-refractivity contribution in [1.29, 1.82) is 0 Å². The van der Waals surface area contributed by atoms with Crippen LogP contribution in [0.3, 0.4) is 0 Å². The second kappa shape index (κ2) is 6.52. The summed E-state index contributed by atoms with van der Waals surface area (Å²) in [4.78, 5) is 17.8. The predicted octanol–water partition coefficient (Wildman–Crippen LogP) is 4.41. The van der Waals surface area contributed by atoms with E-state index in [9.17, 15) is 18.0 Å². The molecule has 0 amide bonds. The molecule has 22 heavy (non-hydrogen) atoms. The van der Waals surface area contributed by atoms with E-state index in [1.165, 1.54) is 24.5 Å². The van der Waals surface area contributed by atoms with E-state index in [0.717, 1.165) is 11.8 Å². The molecule has 0 saturated heterocycles. The number of nitrogens with zero attached hydrogens (tertiary/aromatic N) is 1. The first-order chi connectivity index (χ1) is 10.2. The van der Waals surface area contributed by atoms with Crippen molar-refractivity contribution in [2.24, 2.45) is 0 Å². The number of H-pyrrole nitrogens is 1. The highest BCUT2D eigenvalue weighted by atomic mass is 35.5. The van der Waals surface area contributed by atoms with Gasteiger partial charge in [0, 0.05) is 6.42 Å². The van der Waals surface area contributed by atoms with E-state index in [-0.39, 0.29) is 21.6 Å². The number of hydrogen-bond donors (Lipinski definition) is 1. The highest BCUT2D eigenvalue weighted by molar-refractivity contribution is 7.98. The lowest BCUT2D eigenvalue weighted by molar-refractivity contribution is -0.142. The number of aromatic amines is 1. The summed E-state index contributed by atoms with van der Waals surface area (Å²) in [5.74, 6) is 0. The van der Waals surface area contributed by atoms with Crippen LogP contribution in [0.25, 0.3) is 0 Å². The lowest BCUT2D eigenvalue weighted by atomic mass is 10.0. The maximum atomic E-state index is 13.1. The molecule has 0 aliphatic rings. The van der Waals surface area contributed by atoms with Gasteiger partial charge in [0.1, 0.15) is 0 Å². The van der Waals surface area contributed by atoms with E-state index < -0.39 is 23.0 Å². The van der Waals surface area contributed by atoms with Crippen LogP contribution in [-0.2, 0) is 12.6 Å². The lowest BCUT2D eigenvalue weighted by Crippen LogP contribution is -2.24. The van der Waals surface area contributed by atoms with Crippen molar-refractivity contribution < 1.29 is 13.2 Å². The number of thioether (sulfide) groups is 1. The molecular weight excluding hydrogens is 360 g/mol. The number of rotatable bonds is 3. The minimum absolute atomic E-state index is 0.0878. The first kappa shape index (κ1) is 17.2. The predicted molar refractivity (Wildman–Crippen MR) is 80.9 cm³/mol. The van der Waals surface area contributed by atoms with Crippen molar-refractivity contribution in [2.45, 2.75) is 17.8 Å². The Morgan fingerprint density at radius 2 is 1.95 bits per heavy atom. The van der Waals surface area contributed by atoms with Crippen LogP contribution >= 0.6 is 35.0 Å². The monoisotopic (exact) mass is 368 g/mol. The molecular formula is C13H9Cl2F3N2OS. The van der Waals surface area contributed by atoms with Crippen LogP contribution in [0.4, 0.5) is 13.2 Å². The molecule has 1 aromatic heterocycles. The van der Waals surface area contributed by atoms with Crippen LogP contribution in [0.5, 0.6) is 0 Å². The molecule has 0 fully saturated rings. The summed E-state index contributed by atoms with van der Waals surface area (Å²) in [6.07, 6.45) is -3.44. The number of nitrogens with one attached hydrogen (secondary N) is 1. The summed E-state index contributed by atoms with van der Waals surface area (Å²) in [6.45, 7) is 0. The molecule has 0 unspecified atom stereocenters. The van der Waals surface area contributed by atoms with Crippen LogP contribution in [0.15, 0.2) is 28.2 Å². The molecule has 0 spiro atoms. The molecule has 2 aromatic rings. The average Bonchev–Trinajstić information content (AvgIpc) is 2.43. The lowest BCUT2D eigenvalue weighted by Gasteiger charge is -2.12. The number of aromatic nitrogens is 2. The van der Waals surface area contributed by atoms with Gasteiger partial charge in [-0.25, -0.2) is 4.98 Å². The molecule has 2 rings (SSSR count). The summed E-state index contributed by atoms with van der Waals surface area (Å²) >= 11 is 12.5. The number of halogens is 5. The van der Waals surface area contributed by atoms with Crippen molar-refractivity contribution in [3.05, 3.63) is 55.4 Å². The molecule has 0 atom stereocenters. The van der Waals surface area contributed by atoms with Crippen LogP contribution < -0.4 is 5.56 Å². The van der Waals surface area contributed by atoms with Crippen molar-refractivity contribution in [1.82, 2.24) is 9.97 Å². The minimum atomic E-state index is -4.72. The molecule has 0 saturated carbocycles. The van der Waals surface area contributed by atoms with E-state index >= 15 is 0 Å². The second-order valence-electron chi connectivity index (χ2n) is 4.33. The summed E-state index contributed by atoms with van der Waals surface area (Å²) in [5, 5.41) is 0.402. The molecule has 1 aromatic carbocycles. The van der Waals surface area contributed by atoms with Crippen molar-refractivity contribution in [3.63, 3.8) is 0 Å². The molecule has 0 radical (unpaired) electrons. The molecule has 118 valence electrons. The summed E-state index contributed by atoms with van der Waals surface area (Å²) in [6, 6.07) is 4.40. The molecule has 0 bridgehead atoms. The number of hydrogen-bond acceptors (Lipinski definition) is 3. The third-order valence-electron chi connectivity index (χ3n) is 2.82. The first-order valence-electron chi connectivity index (χ1n) is 5.90. The van der Waals surface area contributed by atoms with Gasteiger partial charge in [0.05, 0.1) is 15.6 Å². The largest absolute Gasteiger partial charge is 0.433 e. The van der Waals surface area contributed by atoms with Gasteiger partial charge in [0.15, 0.2) is 10.9 Å². The van der Waals surface area contributed by atoms with Gasteiger partial charge in [-0.3, -0.25) is 4.79 Å². The van der Waals surface area contributed by atoms with Crippen LogP contribution in [0, 0.1) is 0 Å². The van der Waals surface area contributed by atoms with Crippen LogP contribution in [0.1, 0.15) is 16.8 Å². The average molecular weight is 369 g/mol. The van der Waals surface area contributed by atoms with E-state index in [1.807, 2.05) is 0 Å². The van der Waals surface area contributed by atoms with Gasteiger partial charge in [-0.2, -0.15) is 13.2 Å². The van der Waals surface area contributed by atoms with Crippen molar-refractivity contribution in [3.8, 4) is 0 Å². The molecule has 1 N–H and O–H groups in total. The van der Waals surface area contributed by atoms with E-state index in [2.05, 4.69) is 9.97 Å². The maximum absolute atomic E-state index is 13.1. The molecule has 1 heterocycles. The quantitative estimate of drug-likeness (QED) is 0.644. The Labute approximate surface area is 137 Å². The van der Waals surface area contributed by atoms with Gasteiger partial charge in [-0.05, 0) is 24.0 Å². The van der Waals surface area contributed by atoms with Gasteiger partial charge in [0.2, 0.25) is 0 Å². The van der Waals surface area contributed by atoms with Gasteiger partial charge in [-0.1, -0.05) is 41.0 Å². The zero-order chi connectivity index (χ0) is 16.5. The highest BCUT2D eigenvalue weighted by Crippen LogP contribution is 2.31. The van der Waals surface area contributed by atoms with Gasteiger partial charge in [-0.15, -0.1) is 0 Å². The molecule has 0 aliphatic heterocycles. The Kier molecular flexibility index (Phi) is 5.09. The molecule has 9 heteroatoms. The zero-order valence-electron chi connectivity index (χ0n) is 11.1. The Bertz CT molecular complexity index is 762. The van der Waals surface area contributed by atoms with E-state index in [1.54, 1.807) is 0 Å². The summed E-state index contributed by atoms with van der Waals surface area (Å²) < 4.78 is 39.4. The fourth-order valence-electron chi connectivity index (χ4n) is 1.83. The summed E-state index contributed by atoms with van der Waals surface area (Å²) in [7, 11) is 0. The topological polar surface area (TPSA) is 45.8 Å². The van der Waals surface area contributed by atoms with Gasteiger partial charge in [0.25, 0.3) is 5.56 Å². The smallest absolute Gasteiger partial charge is 0.301 e. The Hall–Kier alpha value is -1.18. The molecule has 3 nitrogen and oxygen atoms in total. The van der Waals surface area contributed by atoms with Gasteiger partial charge >= 0.3 is 6.18 Å². The molecule has 0 aliphatic carbocycles. The highest BCUT2D eigenvalue weighted by Gasteiger charge is 2.37. The summed E-state index contributed by atoms with van der Waals surface area (Å²) in [5.41, 5.74) is -2.03. The van der Waals surface area contributed by atoms with Crippen molar-refractivity contribution in [2.75, 3.05) is 6.26 Å². The first-order valence-corrected chi connectivity index (χ1v) is 7.88. The van der Waals surface area contributed by atoms with Gasteiger partial charge < -0.3 is 4.98 Å². The Balaban J connectivity index is 2.54.